The number of carbonyl (C=O) groups is 1. The summed E-state index contributed by atoms with van der Waals surface area (Å²) in [6.45, 7) is 5.14. The third-order valence-electron chi connectivity index (χ3n) is 3.18. The first-order valence-corrected chi connectivity index (χ1v) is 4.87. The lowest BCUT2D eigenvalue weighted by atomic mass is 10.00. The van der Waals surface area contributed by atoms with Gasteiger partial charge in [0.25, 0.3) is 0 Å². The van der Waals surface area contributed by atoms with Crippen LogP contribution in [0.25, 0.3) is 0 Å². The maximum atomic E-state index is 11.7. The summed E-state index contributed by atoms with van der Waals surface area (Å²) in [5.41, 5.74) is 1.34. The van der Waals surface area contributed by atoms with Gasteiger partial charge in [0.2, 0.25) is 0 Å². The van der Waals surface area contributed by atoms with Crippen LogP contribution in [0.2, 0.25) is 0 Å². The van der Waals surface area contributed by atoms with E-state index in [2.05, 4.69) is 19.9 Å². The van der Waals surface area contributed by atoms with Crippen LogP contribution in [0, 0.1) is 0 Å². The van der Waals surface area contributed by atoms with Crippen molar-refractivity contribution in [2.75, 3.05) is 13.6 Å². The zero-order chi connectivity index (χ0) is 9.59. The maximum absolute atomic E-state index is 11.7. The predicted molar refractivity (Wildman–Crippen MR) is 51.5 cm³/mol. The van der Waals surface area contributed by atoms with Crippen LogP contribution < -0.4 is 0 Å². The Bertz CT molecular complexity index is 272. The number of fused-ring (bicyclic) bond motifs is 2. The standard InChI is InChI=1S/C10H16N2O/c1-4-8-5-7(2)9-6-12(8)10(13)11(9)3/h5,8-9H,4,6H2,1-3H3/t8-,9+/m1/s1. The number of hydrogen-bond donors (Lipinski definition) is 0. The highest BCUT2D eigenvalue weighted by atomic mass is 16.2. The summed E-state index contributed by atoms with van der Waals surface area (Å²) in [4.78, 5) is 15.5. The second-order valence-electron chi connectivity index (χ2n) is 3.95. The quantitative estimate of drug-likeness (QED) is 0.560. The first kappa shape index (κ1) is 8.60. The molecular weight excluding hydrogens is 164 g/mol. The Kier molecular flexibility index (Phi) is 1.82. The Balaban J connectivity index is 2.33. The summed E-state index contributed by atoms with van der Waals surface area (Å²) in [5, 5.41) is 0. The molecule has 0 aromatic heterocycles. The monoisotopic (exact) mass is 180 g/mol. The number of hydrogen-bond acceptors (Lipinski definition) is 1. The van der Waals surface area contributed by atoms with Crippen molar-refractivity contribution in [3.8, 4) is 0 Å². The zero-order valence-electron chi connectivity index (χ0n) is 8.45. The summed E-state index contributed by atoms with van der Waals surface area (Å²) in [6.07, 6.45) is 3.25. The van der Waals surface area contributed by atoms with Gasteiger partial charge < -0.3 is 9.80 Å². The van der Waals surface area contributed by atoms with Crippen molar-refractivity contribution >= 4 is 6.03 Å². The summed E-state index contributed by atoms with van der Waals surface area (Å²) in [7, 11) is 1.89. The first-order valence-electron chi connectivity index (χ1n) is 4.87. The van der Waals surface area contributed by atoms with Crippen LogP contribution in [0.3, 0.4) is 0 Å². The number of likely N-dealkylation sites (N-methyl/N-ethyl adjacent to an activating group) is 1. The lowest BCUT2D eigenvalue weighted by Gasteiger charge is -2.27. The van der Waals surface area contributed by atoms with E-state index >= 15 is 0 Å². The van der Waals surface area contributed by atoms with E-state index in [4.69, 9.17) is 0 Å². The number of rotatable bonds is 1. The van der Waals surface area contributed by atoms with Gasteiger partial charge in [-0.2, -0.15) is 0 Å². The molecule has 2 bridgehead atoms. The minimum atomic E-state index is 0.185. The highest BCUT2D eigenvalue weighted by Crippen LogP contribution is 2.29. The topological polar surface area (TPSA) is 23.6 Å². The molecule has 2 amide bonds. The molecule has 72 valence electrons. The summed E-state index contributed by atoms with van der Waals surface area (Å²) in [6, 6.07) is 0.842. The van der Waals surface area contributed by atoms with Gasteiger partial charge in [0.05, 0.1) is 12.1 Å². The van der Waals surface area contributed by atoms with Gasteiger partial charge in [-0.25, -0.2) is 4.79 Å². The molecule has 0 N–H and O–H groups in total. The highest BCUT2D eigenvalue weighted by molar-refractivity contribution is 5.79. The summed E-state index contributed by atoms with van der Waals surface area (Å²) in [5.74, 6) is 0. The normalized spacial score (nSPS) is 32.5. The zero-order valence-corrected chi connectivity index (χ0v) is 8.45. The van der Waals surface area contributed by atoms with E-state index in [-0.39, 0.29) is 6.03 Å². The van der Waals surface area contributed by atoms with Crippen LogP contribution in [0.1, 0.15) is 20.3 Å². The van der Waals surface area contributed by atoms with Crippen molar-refractivity contribution in [2.24, 2.45) is 0 Å². The molecule has 13 heavy (non-hydrogen) atoms. The number of urea groups is 1. The molecule has 2 heterocycles. The van der Waals surface area contributed by atoms with Gasteiger partial charge in [-0.3, -0.25) is 0 Å². The van der Waals surface area contributed by atoms with E-state index in [9.17, 15) is 4.79 Å². The van der Waals surface area contributed by atoms with Crippen LogP contribution >= 0.6 is 0 Å². The Morgan fingerprint density at radius 1 is 1.62 bits per heavy atom. The van der Waals surface area contributed by atoms with Crippen molar-refractivity contribution < 1.29 is 4.79 Å². The first-order chi connectivity index (χ1) is 6.15. The van der Waals surface area contributed by atoms with Gasteiger partial charge in [-0.15, -0.1) is 0 Å². The van der Waals surface area contributed by atoms with E-state index in [1.54, 1.807) is 0 Å². The van der Waals surface area contributed by atoms with Gasteiger partial charge in [0, 0.05) is 13.6 Å². The van der Waals surface area contributed by atoms with Crippen LogP contribution in [0.5, 0.6) is 0 Å². The fourth-order valence-electron chi connectivity index (χ4n) is 2.29. The Morgan fingerprint density at radius 2 is 2.31 bits per heavy atom. The lowest BCUT2D eigenvalue weighted by Crippen LogP contribution is -2.37. The molecule has 0 unspecified atom stereocenters. The van der Waals surface area contributed by atoms with Crippen molar-refractivity contribution in [1.29, 1.82) is 0 Å². The number of nitrogens with zero attached hydrogens (tertiary/aromatic N) is 2. The third kappa shape index (κ3) is 1.06. The molecule has 2 aliphatic rings. The summed E-state index contributed by atoms with van der Waals surface area (Å²) < 4.78 is 0. The molecule has 1 fully saturated rings. The van der Waals surface area contributed by atoms with E-state index in [1.165, 1.54) is 5.57 Å². The van der Waals surface area contributed by atoms with Crippen molar-refractivity contribution in [1.82, 2.24) is 9.80 Å². The van der Waals surface area contributed by atoms with Gasteiger partial charge >= 0.3 is 6.03 Å². The molecular formula is C10H16N2O. The second-order valence-corrected chi connectivity index (χ2v) is 3.95. The molecule has 0 aromatic carbocycles. The highest BCUT2D eigenvalue weighted by Gasteiger charge is 2.41. The van der Waals surface area contributed by atoms with Crippen LogP contribution in [0.15, 0.2) is 11.6 Å². The summed E-state index contributed by atoms with van der Waals surface area (Å²) >= 11 is 0. The molecule has 2 aliphatic heterocycles. The average Bonchev–Trinajstić information content (AvgIpc) is 2.38. The molecule has 0 aliphatic carbocycles. The molecule has 1 saturated heterocycles. The maximum Gasteiger partial charge on any atom is 0.320 e. The van der Waals surface area contributed by atoms with E-state index in [0.717, 1.165) is 13.0 Å². The van der Waals surface area contributed by atoms with E-state index < -0.39 is 0 Å². The third-order valence-corrected chi connectivity index (χ3v) is 3.18. The van der Waals surface area contributed by atoms with Gasteiger partial charge in [-0.1, -0.05) is 18.6 Å². The second kappa shape index (κ2) is 2.76. The average molecular weight is 180 g/mol. The lowest BCUT2D eigenvalue weighted by molar-refractivity contribution is 0.190. The molecule has 0 aromatic rings. The largest absolute Gasteiger partial charge is 0.320 e. The molecule has 0 radical (unpaired) electrons. The Labute approximate surface area is 79.0 Å². The molecule has 0 saturated carbocycles. The SMILES string of the molecule is CC[C@@H]1C=C(C)[C@@H]2CN1C(=O)N2C. The van der Waals surface area contributed by atoms with Crippen molar-refractivity contribution in [2.45, 2.75) is 32.4 Å². The fraction of sp³-hybridized carbons (Fsp3) is 0.700. The van der Waals surface area contributed by atoms with E-state index in [1.807, 2.05) is 16.8 Å². The molecule has 3 nitrogen and oxygen atoms in total. The predicted octanol–water partition coefficient (Wildman–Crippen LogP) is 1.46. The number of amides is 2. The molecule has 0 spiro atoms. The van der Waals surface area contributed by atoms with Crippen LogP contribution in [-0.4, -0.2) is 41.5 Å². The van der Waals surface area contributed by atoms with Crippen LogP contribution in [-0.2, 0) is 0 Å². The minimum absolute atomic E-state index is 0.185. The minimum Gasteiger partial charge on any atom is -0.319 e. The van der Waals surface area contributed by atoms with Gasteiger partial charge in [-0.05, 0) is 13.3 Å². The number of carbonyl (C=O) groups excluding carboxylic acids is 1. The molecule has 2 rings (SSSR count). The van der Waals surface area contributed by atoms with E-state index in [0.29, 0.717) is 12.1 Å². The Morgan fingerprint density at radius 3 is 2.92 bits per heavy atom. The smallest absolute Gasteiger partial charge is 0.319 e. The van der Waals surface area contributed by atoms with Gasteiger partial charge in [0.1, 0.15) is 0 Å². The van der Waals surface area contributed by atoms with Crippen LogP contribution in [0.4, 0.5) is 4.79 Å². The fourth-order valence-corrected chi connectivity index (χ4v) is 2.29. The molecule has 2 atom stereocenters. The van der Waals surface area contributed by atoms with Crippen molar-refractivity contribution in [3.63, 3.8) is 0 Å². The van der Waals surface area contributed by atoms with Crippen molar-refractivity contribution in [3.05, 3.63) is 11.6 Å². The Hall–Kier alpha value is -0.990. The van der Waals surface area contributed by atoms with Gasteiger partial charge in [0.15, 0.2) is 0 Å². The molecule has 3 heteroatoms.